The molecule has 0 fully saturated rings. The van der Waals surface area contributed by atoms with Gasteiger partial charge in [-0.1, -0.05) is 30.3 Å². The van der Waals surface area contributed by atoms with Crippen molar-refractivity contribution in [2.24, 2.45) is 0 Å². The molecule has 0 aliphatic heterocycles. The van der Waals surface area contributed by atoms with Crippen LogP contribution in [0.25, 0.3) is 11.0 Å². The quantitative estimate of drug-likeness (QED) is 0.755. The number of rotatable bonds is 5. The fourth-order valence-electron chi connectivity index (χ4n) is 2.35. The number of furan rings is 1. The van der Waals surface area contributed by atoms with E-state index in [9.17, 15) is 9.50 Å². The molecule has 0 radical (unpaired) electrons. The third kappa shape index (κ3) is 3.12. The van der Waals surface area contributed by atoms with E-state index in [1.807, 2.05) is 36.4 Å². The molecular weight excluding hydrogens is 269 g/mol. The molecule has 0 saturated heterocycles. The summed E-state index contributed by atoms with van der Waals surface area (Å²) in [5.74, 6) is 0.435. The van der Waals surface area contributed by atoms with Crippen LogP contribution in [-0.4, -0.2) is 11.7 Å². The highest BCUT2D eigenvalue weighted by Gasteiger charge is 2.11. The molecule has 21 heavy (non-hydrogen) atoms. The van der Waals surface area contributed by atoms with Gasteiger partial charge in [0.2, 0.25) is 0 Å². The number of hydrogen-bond acceptors (Lipinski definition) is 3. The molecular formula is C17H16FNO2. The number of nitrogens with one attached hydrogen (secondary N) is 1. The summed E-state index contributed by atoms with van der Waals surface area (Å²) in [5.41, 5.74) is 1.68. The lowest BCUT2D eigenvalue weighted by atomic mass is 10.1. The molecule has 0 spiro atoms. The largest absolute Gasteiger partial charge is 0.460 e. The summed E-state index contributed by atoms with van der Waals surface area (Å²) in [6.07, 6.45) is 0. The Kier molecular flexibility index (Phi) is 3.99. The number of benzene rings is 2. The van der Waals surface area contributed by atoms with E-state index < -0.39 is 0 Å². The lowest BCUT2D eigenvalue weighted by Gasteiger charge is -2.15. The van der Waals surface area contributed by atoms with E-state index in [0.717, 1.165) is 10.9 Å². The Labute approximate surface area is 122 Å². The van der Waals surface area contributed by atoms with Gasteiger partial charge in [-0.05, 0) is 29.8 Å². The first-order chi connectivity index (χ1) is 10.3. The number of aliphatic hydroxyl groups is 1. The van der Waals surface area contributed by atoms with Gasteiger partial charge in [-0.25, -0.2) is 4.39 Å². The van der Waals surface area contributed by atoms with E-state index in [-0.39, 0.29) is 18.5 Å². The van der Waals surface area contributed by atoms with Crippen LogP contribution in [0, 0.1) is 5.82 Å². The van der Waals surface area contributed by atoms with E-state index in [0.29, 0.717) is 17.9 Å². The van der Waals surface area contributed by atoms with Crippen molar-refractivity contribution >= 4 is 11.0 Å². The molecule has 3 aromatic rings. The number of hydrogen-bond donors (Lipinski definition) is 2. The predicted octanol–water partition coefficient (Wildman–Crippen LogP) is 3.40. The Morgan fingerprint density at radius 1 is 1.10 bits per heavy atom. The van der Waals surface area contributed by atoms with Crippen molar-refractivity contribution < 1.29 is 13.9 Å². The molecule has 3 rings (SSSR count). The minimum absolute atomic E-state index is 0.00112. The number of aliphatic hydroxyl groups excluding tert-OH is 1. The fourth-order valence-corrected chi connectivity index (χ4v) is 2.35. The van der Waals surface area contributed by atoms with Crippen molar-refractivity contribution in [2.45, 2.75) is 12.6 Å². The summed E-state index contributed by atoms with van der Waals surface area (Å²) in [7, 11) is 0. The topological polar surface area (TPSA) is 45.4 Å². The van der Waals surface area contributed by atoms with Crippen LogP contribution in [0.15, 0.2) is 59.0 Å². The molecule has 0 aliphatic rings. The first-order valence-corrected chi connectivity index (χ1v) is 6.83. The van der Waals surface area contributed by atoms with Crippen LogP contribution in [0.4, 0.5) is 4.39 Å². The van der Waals surface area contributed by atoms with Gasteiger partial charge < -0.3 is 14.8 Å². The van der Waals surface area contributed by atoms with Crippen molar-refractivity contribution in [3.8, 4) is 0 Å². The van der Waals surface area contributed by atoms with Gasteiger partial charge in [0.15, 0.2) is 0 Å². The second-order valence-corrected chi connectivity index (χ2v) is 4.92. The van der Waals surface area contributed by atoms with Gasteiger partial charge in [-0.2, -0.15) is 0 Å². The Morgan fingerprint density at radius 2 is 1.90 bits per heavy atom. The molecule has 1 heterocycles. The highest BCUT2D eigenvalue weighted by atomic mass is 19.1. The van der Waals surface area contributed by atoms with Gasteiger partial charge in [-0.15, -0.1) is 0 Å². The van der Waals surface area contributed by atoms with Gasteiger partial charge in [0.25, 0.3) is 0 Å². The van der Waals surface area contributed by atoms with Crippen LogP contribution >= 0.6 is 0 Å². The lowest BCUT2D eigenvalue weighted by Crippen LogP contribution is -2.23. The normalized spacial score (nSPS) is 12.7. The van der Waals surface area contributed by atoms with Crippen molar-refractivity contribution in [2.75, 3.05) is 6.61 Å². The average Bonchev–Trinajstić information content (AvgIpc) is 2.91. The maximum atomic E-state index is 13.1. The molecule has 0 amide bonds. The van der Waals surface area contributed by atoms with Crippen LogP contribution in [0.1, 0.15) is 17.4 Å². The minimum atomic E-state index is -0.277. The second kappa shape index (κ2) is 6.08. The zero-order valence-corrected chi connectivity index (χ0v) is 11.4. The molecule has 1 aromatic heterocycles. The highest BCUT2D eigenvalue weighted by Crippen LogP contribution is 2.21. The van der Waals surface area contributed by atoms with E-state index in [1.165, 1.54) is 12.1 Å². The Balaban J connectivity index is 1.73. The number of fused-ring (bicyclic) bond motifs is 1. The van der Waals surface area contributed by atoms with Gasteiger partial charge in [-0.3, -0.25) is 0 Å². The van der Waals surface area contributed by atoms with Gasteiger partial charge in [0.05, 0.1) is 19.2 Å². The minimum Gasteiger partial charge on any atom is -0.460 e. The number of halogens is 1. The van der Waals surface area contributed by atoms with Gasteiger partial charge >= 0.3 is 0 Å². The smallest absolute Gasteiger partial charge is 0.134 e. The zero-order valence-electron chi connectivity index (χ0n) is 11.4. The van der Waals surface area contributed by atoms with E-state index in [1.54, 1.807) is 6.07 Å². The molecule has 0 aliphatic carbocycles. The summed E-state index contributed by atoms with van der Waals surface area (Å²) in [6, 6.07) is 15.8. The summed E-state index contributed by atoms with van der Waals surface area (Å²) >= 11 is 0. The van der Waals surface area contributed by atoms with Gasteiger partial charge in [0.1, 0.15) is 17.2 Å². The van der Waals surface area contributed by atoms with E-state index in [4.69, 9.17) is 4.42 Å². The van der Waals surface area contributed by atoms with Crippen LogP contribution < -0.4 is 5.32 Å². The lowest BCUT2D eigenvalue weighted by molar-refractivity contribution is 0.241. The summed E-state index contributed by atoms with van der Waals surface area (Å²) in [4.78, 5) is 0. The third-order valence-electron chi connectivity index (χ3n) is 3.44. The third-order valence-corrected chi connectivity index (χ3v) is 3.44. The van der Waals surface area contributed by atoms with E-state index >= 15 is 0 Å². The standard InChI is InChI=1S/C17H16FNO2/c18-14-6-7-17-13(8-14)9-15(21-17)10-19-16(11-20)12-4-2-1-3-5-12/h1-9,16,19-20H,10-11H2. The zero-order chi connectivity index (χ0) is 14.7. The van der Waals surface area contributed by atoms with E-state index in [2.05, 4.69) is 5.32 Å². The first kappa shape index (κ1) is 13.8. The molecule has 3 nitrogen and oxygen atoms in total. The molecule has 0 saturated carbocycles. The maximum absolute atomic E-state index is 13.1. The van der Waals surface area contributed by atoms with Gasteiger partial charge in [0, 0.05) is 5.39 Å². The monoisotopic (exact) mass is 285 g/mol. The van der Waals surface area contributed by atoms with Crippen molar-refractivity contribution in [1.29, 1.82) is 0 Å². The van der Waals surface area contributed by atoms with Crippen molar-refractivity contribution in [1.82, 2.24) is 5.32 Å². The maximum Gasteiger partial charge on any atom is 0.134 e. The molecule has 108 valence electrons. The molecule has 0 bridgehead atoms. The van der Waals surface area contributed by atoms with Crippen LogP contribution in [-0.2, 0) is 6.54 Å². The fraction of sp³-hybridized carbons (Fsp3) is 0.176. The molecule has 1 atom stereocenters. The highest BCUT2D eigenvalue weighted by molar-refractivity contribution is 5.77. The predicted molar refractivity (Wildman–Crippen MR) is 79.3 cm³/mol. The Bertz CT molecular complexity index is 724. The second-order valence-electron chi connectivity index (χ2n) is 4.92. The molecule has 2 aromatic carbocycles. The van der Waals surface area contributed by atoms with Crippen LogP contribution in [0.2, 0.25) is 0 Å². The van der Waals surface area contributed by atoms with Crippen molar-refractivity contribution in [3.05, 3.63) is 71.7 Å². The van der Waals surface area contributed by atoms with Crippen LogP contribution in [0.3, 0.4) is 0 Å². The summed E-state index contributed by atoms with van der Waals surface area (Å²) in [6.45, 7) is 0.468. The Morgan fingerprint density at radius 3 is 2.67 bits per heavy atom. The SMILES string of the molecule is OCC(NCc1cc2cc(F)ccc2o1)c1ccccc1. The molecule has 4 heteroatoms. The first-order valence-electron chi connectivity index (χ1n) is 6.83. The van der Waals surface area contributed by atoms with Crippen LogP contribution in [0.5, 0.6) is 0 Å². The molecule has 2 N–H and O–H groups in total. The Hall–Kier alpha value is -2.17. The molecule has 1 unspecified atom stereocenters. The summed E-state index contributed by atoms with van der Waals surface area (Å²) < 4.78 is 18.8. The summed E-state index contributed by atoms with van der Waals surface area (Å²) in [5, 5.41) is 13.5. The van der Waals surface area contributed by atoms with Crippen molar-refractivity contribution in [3.63, 3.8) is 0 Å². The average molecular weight is 285 g/mol.